The molecule has 0 radical (unpaired) electrons. The van der Waals surface area contributed by atoms with Crippen molar-refractivity contribution in [3.63, 3.8) is 0 Å². The molecule has 5 heteroatoms. The normalized spacial score (nSPS) is 15.2. The molecule has 90 valence electrons. The van der Waals surface area contributed by atoms with Crippen molar-refractivity contribution in [2.24, 2.45) is 0 Å². The first-order valence-corrected chi connectivity index (χ1v) is 5.01. The second-order valence-corrected chi connectivity index (χ2v) is 3.72. The molecule has 1 aliphatic rings. The van der Waals surface area contributed by atoms with Gasteiger partial charge in [0.05, 0.1) is 25.4 Å². The summed E-state index contributed by atoms with van der Waals surface area (Å²) in [7, 11) is 0. The number of nitrogens with zero attached hydrogens (tertiary/aromatic N) is 2. The van der Waals surface area contributed by atoms with Crippen molar-refractivity contribution in [3.8, 4) is 0 Å². The standard InChI is InChI=1S/C12H11F3N2/c1-16-7-2-8-17(16)9-10-3-5-11(6-4-10)12(13,14)15/h2-8H,1,9H2. The molecule has 0 atom stereocenters. The molecule has 0 amide bonds. The Morgan fingerprint density at radius 1 is 1.24 bits per heavy atom. The molecule has 0 N–H and O–H groups in total. The van der Waals surface area contributed by atoms with Crippen molar-refractivity contribution in [2.75, 3.05) is 0 Å². The molecule has 0 aliphatic carbocycles. The van der Waals surface area contributed by atoms with Crippen LogP contribution in [0.15, 0.2) is 36.5 Å². The first-order chi connectivity index (χ1) is 7.97. The predicted octanol–water partition coefficient (Wildman–Crippen LogP) is 2.82. The van der Waals surface area contributed by atoms with Gasteiger partial charge in [-0.25, -0.2) is 9.69 Å². The highest BCUT2D eigenvalue weighted by Crippen LogP contribution is 2.29. The van der Waals surface area contributed by atoms with E-state index in [1.54, 1.807) is 16.2 Å². The lowest BCUT2D eigenvalue weighted by Gasteiger charge is -2.16. The molecule has 2 rings (SSSR count). The summed E-state index contributed by atoms with van der Waals surface area (Å²) in [6.45, 7) is 6.00. The number of rotatable bonds is 2. The minimum absolute atomic E-state index is 0.495. The van der Waals surface area contributed by atoms with Crippen LogP contribution in [0.1, 0.15) is 11.1 Å². The van der Waals surface area contributed by atoms with E-state index in [1.165, 1.54) is 12.1 Å². The zero-order valence-corrected chi connectivity index (χ0v) is 8.98. The number of hydrogen-bond donors (Lipinski definition) is 0. The Morgan fingerprint density at radius 2 is 1.88 bits per heavy atom. The van der Waals surface area contributed by atoms with E-state index < -0.39 is 11.7 Å². The largest absolute Gasteiger partial charge is 0.416 e. The van der Waals surface area contributed by atoms with Crippen LogP contribution < -0.4 is 0 Å². The summed E-state index contributed by atoms with van der Waals surface area (Å²) in [4.78, 5) is 0. The topological polar surface area (TPSA) is 6.25 Å². The van der Waals surface area contributed by atoms with E-state index in [9.17, 15) is 13.2 Å². The Labute approximate surface area is 97.3 Å². The van der Waals surface area contributed by atoms with Crippen LogP contribution in [0.25, 0.3) is 0 Å². The fourth-order valence-electron chi connectivity index (χ4n) is 1.54. The maximum Gasteiger partial charge on any atom is 0.416 e. The van der Waals surface area contributed by atoms with Crippen LogP contribution in [0.2, 0.25) is 0 Å². The molecule has 17 heavy (non-hydrogen) atoms. The van der Waals surface area contributed by atoms with Gasteiger partial charge in [-0.1, -0.05) is 18.2 Å². The monoisotopic (exact) mass is 240 g/mol. The Kier molecular flexibility index (Phi) is 2.83. The van der Waals surface area contributed by atoms with Crippen molar-refractivity contribution in [1.29, 1.82) is 0 Å². The molecule has 2 nitrogen and oxygen atoms in total. The maximum absolute atomic E-state index is 12.3. The van der Waals surface area contributed by atoms with E-state index in [0.717, 1.165) is 17.7 Å². The average Bonchev–Trinajstić information content (AvgIpc) is 2.64. The van der Waals surface area contributed by atoms with Gasteiger partial charge in [0.1, 0.15) is 0 Å². The number of hydrazine groups is 1. The van der Waals surface area contributed by atoms with Crippen molar-refractivity contribution >= 4 is 6.72 Å². The predicted molar refractivity (Wildman–Crippen MR) is 57.8 cm³/mol. The summed E-state index contributed by atoms with van der Waals surface area (Å²) in [5.41, 5.74) is 0.169. The lowest BCUT2D eigenvalue weighted by Crippen LogP contribution is -2.22. The van der Waals surface area contributed by atoms with Gasteiger partial charge < -0.3 is 0 Å². The second kappa shape index (κ2) is 4.16. The molecule has 1 aromatic rings. The van der Waals surface area contributed by atoms with Gasteiger partial charge >= 0.3 is 6.18 Å². The van der Waals surface area contributed by atoms with Crippen LogP contribution >= 0.6 is 0 Å². The molecule has 0 unspecified atom stereocenters. The summed E-state index contributed by atoms with van der Waals surface area (Å²) in [5, 5.41) is 1.79. The third-order valence-electron chi connectivity index (χ3n) is 2.47. The van der Waals surface area contributed by atoms with E-state index in [0.29, 0.717) is 6.54 Å². The molecule has 0 aromatic heterocycles. The Hall–Kier alpha value is -1.91. The summed E-state index contributed by atoms with van der Waals surface area (Å²) < 4.78 is 38.6. The van der Waals surface area contributed by atoms with Crippen LogP contribution in [-0.2, 0) is 12.7 Å². The number of hydrazone groups is 1. The highest BCUT2D eigenvalue weighted by molar-refractivity contribution is 5.25. The fraction of sp³-hybridized carbons (Fsp3) is 0.167. The van der Waals surface area contributed by atoms with Crippen LogP contribution in [0.4, 0.5) is 13.2 Å². The molecule has 0 fully saturated rings. The minimum Gasteiger partial charge on any atom is -0.225 e. The summed E-state index contributed by atoms with van der Waals surface area (Å²) >= 11 is 0. The zero-order valence-electron chi connectivity index (χ0n) is 8.98. The van der Waals surface area contributed by atoms with E-state index in [2.05, 4.69) is 6.72 Å². The molecule has 1 aliphatic heterocycles. The molecule has 0 saturated carbocycles. The maximum atomic E-state index is 12.3. The van der Waals surface area contributed by atoms with Gasteiger partial charge in [-0.15, -0.1) is 0 Å². The summed E-state index contributed by atoms with van der Waals surface area (Å²) in [5.74, 6) is 0. The highest BCUT2D eigenvalue weighted by Gasteiger charge is 2.29. The van der Waals surface area contributed by atoms with E-state index in [1.807, 2.05) is 12.3 Å². The van der Waals surface area contributed by atoms with Gasteiger partial charge in [0.2, 0.25) is 0 Å². The number of halogens is 3. The van der Waals surface area contributed by atoms with Gasteiger partial charge in [0.25, 0.3) is 0 Å². The number of benzene rings is 1. The molecule has 1 heterocycles. The minimum atomic E-state index is -4.28. The van der Waals surface area contributed by atoms with E-state index in [-0.39, 0.29) is 0 Å². The quantitative estimate of drug-likeness (QED) is 0.569. The average molecular weight is 240 g/mol. The number of alkyl halides is 3. The molecule has 0 saturated heterocycles. The highest BCUT2D eigenvalue weighted by atomic mass is 19.4. The lowest BCUT2D eigenvalue weighted by molar-refractivity contribution is -0.627. The van der Waals surface area contributed by atoms with Crippen molar-refractivity contribution in [2.45, 2.75) is 12.7 Å². The van der Waals surface area contributed by atoms with Gasteiger partial charge in [-0.2, -0.15) is 13.2 Å². The third kappa shape index (κ3) is 2.61. The van der Waals surface area contributed by atoms with Crippen LogP contribution in [0, 0.1) is 6.54 Å². The van der Waals surface area contributed by atoms with Crippen molar-refractivity contribution in [3.05, 3.63) is 54.2 Å². The fourth-order valence-corrected chi connectivity index (χ4v) is 1.54. The SMILES string of the molecule is C=[N+]1[CH-]C=CN1Cc1ccc(C(F)(F)F)cc1. The van der Waals surface area contributed by atoms with Crippen LogP contribution in [0.5, 0.6) is 0 Å². The van der Waals surface area contributed by atoms with Crippen LogP contribution in [-0.4, -0.2) is 16.4 Å². The molecule has 1 aromatic carbocycles. The molecular weight excluding hydrogens is 229 g/mol. The molecule has 0 bridgehead atoms. The Balaban J connectivity index is 2.08. The molecular formula is C12H11F3N2. The molecule has 0 spiro atoms. The zero-order chi connectivity index (χ0) is 12.5. The summed E-state index contributed by atoms with van der Waals surface area (Å²) in [6.07, 6.45) is -0.653. The van der Waals surface area contributed by atoms with Gasteiger partial charge in [0, 0.05) is 0 Å². The number of hydrogen-bond acceptors (Lipinski definition) is 1. The van der Waals surface area contributed by atoms with Crippen molar-refractivity contribution < 1.29 is 17.9 Å². The lowest BCUT2D eigenvalue weighted by atomic mass is 10.1. The Morgan fingerprint density at radius 3 is 2.35 bits per heavy atom. The van der Waals surface area contributed by atoms with E-state index >= 15 is 0 Å². The first-order valence-electron chi connectivity index (χ1n) is 5.01. The van der Waals surface area contributed by atoms with Gasteiger partial charge in [0.15, 0.2) is 0 Å². The van der Waals surface area contributed by atoms with E-state index in [4.69, 9.17) is 0 Å². The van der Waals surface area contributed by atoms with Crippen LogP contribution in [0.3, 0.4) is 0 Å². The summed E-state index contributed by atoms with van der Waals surface area (Å²) in [6, 6.07) is 5.13. The Bertz CT molecular complexity index is 446. The third-order valence-corrected chi connectivity index (χ3v) is 2.47. The van der Waals surface area contributed by atoms with Crippen molar-refractivity contribution in [1.82, 2.24) is 5.01 Å². The van der Waals surface area contributed by atoms with Gasteiger partial charge in [-0.05, 0) is 23.9 Å². The first kappa shape index (κ1) is 11.6. The second-order valence-electron chi connectivity index (χ2n) is 3.72. The smallest absolute Gasteiger partial charge is 0.225 e. The van der Waals surface area contributed by atoms with Gasteiger partial charge in [-0.3, -0.25) is 0 Å².